The van der Waals surface area contributed by atoms with E-state index in [1.54, 1.807) is 0 Å². The lowest BCUT2D eigenvalue weighted by molar-refractivity contribution is -0.193. The summed E-state index contributed by atoms with van der Waals surface area (Å²) in [4.78, 5) is 10.4. The molecule has 0 N–H and O–H groups in total. The summed E-state index contributed by atoms with van der Waals surface area (Å²) in [5, 5.41) is 0. The van der Waals surface area contributed by atoms with Crippen molar-refractivity contribution >= 4 is 5.78 Å². The van der Waals surface area contributed by atoms with Gasteiger partial charge < -0.3 is 4.74 Å². The molecule has 44 valence electrons. The molecule has 1 saturated heterocycles. The third kappa shape index (κ3) is 0.388. The predicted molar refractivity (Wildman–Crippen MR) is 27.5 cm³/mol. The Kier molecular flexibility index (Phi) is 0.637. The van der Waals surface area contributed by atoms with Gasteiger partial charge in [0, 0.05) is 19.3 Å². The van der Waals surface area contributed by atoms with Gasteiger partial charge in [0.25, 0.3) is 0 Å². The molecule has 0 aromatic heterocycles. The monoisotopic (exact) mass is 112 g/mol. The molecule has 0 unspecified atom stereocenters. The highest BCUT2D eigenvalue weighted by molar-refractivity contribution is 5.87. The largest absolute Gasteiger partial charge is 0.374 e. The fourth-order valence-electron chi connectivity index (χ4n) is 1.34. The molecule has 0 radical (unpaired) electrons. The molecule has 1 spiro atoms. The van der Waals surface area contributed by atoms with E-state index in [0.29, 0.717) is 18.6 Å². The maximum Gasteiger partial charge on any atom is 0.138 e. The average Bonchev–Trinajstić information content (AvgIpc) is 1.51. The molecule has 2 fully saturated rings. The molecule has 8 heavy (non-hydrogen) atoms. The van der Waals surface area contributed by atoms with Gasteiger partial charge in [-0.05, 0) is 0 Å². The Balaban J connectivity index is 2.01. The summed E-state index contributed by atoms with van der Waals surface area (Å²) in [6, 6.07) is 0. The molecular formula is C6H8O2. The molecule has 2 rings (SSSR count). The number of ketones is 1. The second kappa shape index (κ2) is 1.13. The Hall–Kier alpha value is -0.370. The van der Waals surface area contributed by atoms with Gasteiger partial charge in [-0.15, -0.1) is 0 Å². The van der Waals surface area contributed by atoms with E-state index < -0.39 is 0 Å². The molecule has 1 saturated carbocycles. The second-order valence-electron chi connectivity index (χ2n) is 2.67. The number of hydrogen-bond acceptors (Lipinski definition) is 2. The fraction of sp³-hybridized carbons (Fsp3) is 0.833. The maximum atomic E-state index is 10.4. The van der Waals surface area contributed by atoms with Crippen molar-refractivity contribution in [3.63, 3.8) is 0 Å². The van der Waals surface area contributed by atoms with Crippen LogP contribution in [0.4, 0.5) is 0 Å². The minimum absolute atomic E-state index is 0.0666. The van der Waals surface area contributed by atoms with E-state index in [0.717, 1.165) is 13.0 Å². The smallest absolute Gasteiger partial charge is 0.138 e. The number of carbonyl (C=O) groups excluding carboxylic acids is 1. The third-order valence-corrected chi connectivity index (χ3v) is 2.00. The van der Waals surface area contributed by atoms with Crippen molar-refractivity contribution in [3.05, 3.63) is 0 Å². The average molecular weight is 112 g/mol. The number of hydrogen-bond donors (Lipinski definition) is 0. The van der Waals surface area contributed by atoms with Crippen LogP contribution in [0.5, 0.6) is 0 Å². The lowest BCUT2D eigenvalue weighted by Crippen LogP contribution is -2.54. The molecule has 0 aromatic carbocycles. The molecule has 2 nitrogen and oxygen atoms in total. The van der Waals surface area contributed by atoms with E-state index in [1.165, 1.54) is 0 Å². The first-order chi connectivity index (χ1) is 3.81. The minimum atomic E-state index is 0.0666. The topological polar surface area (TPSA) is 26.3 Å². The first-order valence-corrected chi connectivity index (χ1v) is 2.96. The standard InChI is InChI=1S/C6H8O2/c7-5-3-6(4-5)1-2-8-6/h1-4H2. The molecule has 2 heteroatoms. The van der Waals surface area contributed by atoms with Gasteiger partial charge in [-0.25, -0.2) is 0 Å². The summed E-state index contributed by atoms with van der Waals surface area (Å²) >= 11 is 0. The third-order valence-electron chi connectivity index (χ3n) is 2.00. The highest BCUT2D eigenvalue weighted by Crippen LogP contribution is 2.41. The van der Waals surface area contributed by atoms with Crippen LogP contribution < -0.4 is 0 Å². The maximum absolute atomic E-state index is 10.4. The Bertz CT molecular complexity index is 125. The summed E-state index contributed by atoms with van der Waals surface area (Å²) in [5.74, 6) is 0.365. The zero-order chi connectivity index (χ0) is 5.61. The van der Waals surface area contributed by atoms with Crippen molar-refractivity contribution in [2.24, 2.45) is 0 Å². The van der Waals surface area contributed by atoms with Gasteiger partial charge in [0.05, 0.1) is 12.2 Å². The van der Waals surface area contributed by atoms with Crippen LogP contribution in [0.2, 0.25) is 0 Å². The summed E-state index contributed by atoms with van der Waals surface area (Å²) in [5.41, 5.74) is 0.0666. The van der Waals surface area contributed by atoms with Gasteiger partial charge in [-0.1, -0.05) is 0 Å². The Labute approximate surface area is 47.8 Å². The highest BCUT2D eigenvalue weighted by atomic mass is 16.5. The van der Waals surface area contributed by atoms with E-state index in [4.69, 9.17) is 4.74 Å². The van der Waals surface area contributed by atoms with Crippen molar-refractivity contribution < 1.29 is 9.53 Å². The summed E-state index contributed by atoms with van der Waals surface area (Å²) in [7, 11) is 0. The number of Topliss-reactive ketones (excluding diaryl/α,β-unsaturated/α-hetero) is 1. The van der Waals surface area contributed by atoms with Crippen molar-refractivity contribution in [1.82, 2.24) is 0 Å². The van der Waals surface area contributed by atoms with Crippen LogP contribution in [-0.4, -0.2) is 18.0 Å². The normalized spacial score (nSPS) is 31.8. The molecule has 2 aliphatic rings. The Morgan fingerprint density at radius 3 is 2.25 bits per heavy atom. The lowest BCUT2D eigenvalue weighted by atomic mass is 9.74. The number of rotatable bonds is 0. The summed E-state index contributed by atoms with van der Waals surface area (Å²) < 4.78 is 5.20. The van der Waals surface area contributed by atoms with E-state index in [1.807, 2.05) is 0 Å². The van der Waals surface area contributed by atoms with Gasteiger partial charge >= 0.3 is 0 Å². The van der Waals surface area contributed by atoms with E-state index in [9.17, 15) is 4.79 Å². The van der Waals surface area contributed by atoms with Gasteiger partial charge in [0.1, 0.15) is 5.78 Å². The molecule has 0 amide bonds. The van der Waals surface area contributed by atoms with E-state index in [2.05, 4.69) is 0 Å². The minimum Gasteiger partial charge on any atom is -0.374 e. The summed E-state index contributed by atoms with van der Waals surface area (Å²) in [6.07, 6.45) is 2.48. The van der Waals surface area contributed by atoms with Gasteiger partial charge in [0.2, 0.25) is 0 Å². The first-order valence-electron chi connectivity index (χ1n) is 2.96. The SMILES string of the molecule is O=C1CC2(CCO2)C1. The second-order valence-corrected chi connectivity index (χ2v) is 2.67. The number of ether oxygens (including phenoxy) is 1. The van der Waals surface area contributed by atoms with Crippen LogP contribution in [0.25, 0.3) is 0 Å². The van der Waals surface area contributed by atoms with Crippen LogP contribution in [-0.2, 0) is 9.53 Å². The van der Waals surface area contributed by atoms with E-state index >= 15 is 0 Å². The van der Waals surface area contributed by atoms with Crippen LogP contribution in [0.15, 0.2) is 0 Å². The van der Waals surface area contributed by atoms with E-state index in [-0.39, 0.29) is 5.60 Å². The van der Waals surface area contributed by atoms with Crippen molar-refractivity contribution in [2.45, 2.75) is 24.9 Å². The zero-order valence-corrected chi connectivity index (χ0v) is 4.64. The predicted octanol–water partition coefficient (Wildman–Crippen LogP) is 0.508. The number of carbonyl (C=O) groups is 1. The molecular weight excluding hydrogens is 104 g/mol. The van der Waals surface area contributed by atoms with Crippen molar-refractivity contribution in [3.8, 4) is 0 Å². The van der Waals surface area contributed by atoms with Gasteiger partial charge in [-0.2, -0.15) is 0 Å². The fourth-order valence-corrected chi connectivity index (χ4v) is 1.34. The zero-order valence-electron chi connectivity index (χ0n) is 4.64. The van der Waals surface area contributed by atoms with Crippen molar-refractivity contribution in [1.29, 1.82) is 0 Å². The van der Waals surface area contributed by atoms with Crippen LogP contribution in [0.3, 0.4) is 0 Å². The van der Waals surface area contributed by atoms with Crippen molar-refractivity contribution in [2.75, 3.05) is 6.61 Å². The Morgan fingerprint density at radius 1 is 1.50 bits per heavy atom. The molecule has 1 aliphatic heterocycles. The quantitative estimate of drug-likeness (QED) is 0.456. The molecule has 1 heterocycles. The molecule has 0 atom stereocenters. The van der Waals surface area contributed by atoms with Gasteiger partial charge in [0.15, 0.2) is 0 Å². The lowest BCUT2D eigenvalue weighted by Gasteiger charge is -2.47. The van der Waals surface area contributed by atoms with Gasteiger partial charge in [-0.3, -0.25) is 4.79 Å². The van der Waals surface area contributed by atoms with Crippen LogP contribution >= 0.6 is 0 Å². The first kappa shape index (κ1) is 4.50. The van der Waals surface area contributed by atoms with Crippen LogP contribution in [0, 0.1) is 0 Å². The Morgan fingerprint density at radius 2 is 2.12 bits per heavy atom. The van der Waals surface area contributed by atoms with Crippen LogP contribution in [0.1, 0.15) is 19.3 Å². The summed E-state index contributed by atoms with van der Waals surface area (Å²) in [6.45, 7) is 0.868. The molecule has 1 aliphatic carbocycles. The molecule has 0 aromatic rings. The molecule has 0 bridgehead atoms. The highest BCUT2D eigenvalue weighted by Gasteiger charge is 2.49.